The van der Waals surface area contributed by atoms with Crippen molar-refractivity contribution < 1.29 is 9.53 Å². The second kappa shape index (κ2) is 9.03. The third-order valence-corrected chi connectivity index (χ3v) is 4.32. The number of aryl methyl sites for hydroxylation is 1. The van der Waals surface area contributed by atoms with Crippen LogP contribution in [0.25, 0.3) is 11.0 Å². The number of carbonyl (C=O) groups excluding carboxylic acids is 1. The van der Waals surface area contributed by atoms with Crippen LogP contribution in [0.1, 0.15) is 25.6 Å². The Morgan fingerprint density at radius 1 is 1.11 bits per heavy atom. The molecule has 2 aromatic carbocycles. The molecule has 1 aromatic heterocycles. The van der Waals surface area contributed by atoms with Crippen LogP contribution in [0.4, 0.5) is 0 Å². The van der Waals surface area contributed by atoms with Crippen molar-refractivity contribution in [3.63, 3.8) is 0 Å². The van der Waals surface area contributed by atoms with E-state index in [0.717, 1.165) is 42.0 Å². The maximum atomic E-state index is 11.8. The zero-order valence-electron chi connectivity index (χ0n) is 15.6. The Bertz CT molecular complexity index is 916. The Morgan fingerprint density at radius 2 is 1.85 bits per heavy atom. The zero-order chi connectivity index (χ0) is 19.1. The SMILES string of the molecule is C=C(C)C(=O)NCc1nc2ccccc2n1CCCCOc1ccccc1. The number of aromatic nitrogens is 2. The van der Waals surface area contributed by atoms with Gasteiger partial charge in [0.1, 0.15) is 11.6 Å². The van der Waals surface area contributed by atoms with Crippen molar-refractivity contribution in [2.24, 2.45) is 0 Å². The predicted octanol–water partition coefficient (Wildman–Crippen LogP) is 4.09. The monoisotopic (exact) mass is 363 g/mol. The number of imidazole rings is 1. The summed E-state index contributed by atoms with van der Waals surface area (Å²) in [6.45, 7) is 7.27. The first-order valence-corrected chi connectivity index (χ1v) is 9.21. The van der Waals surface area contributed by atoms with Gasteiger partial charge in [-0.25, -0.2) is 4.98 Å². The number of rotatable bonds is 9. The van der Waals surface area contributed by atoms with Crippen LogP contribution in [0.3, 0.4) is 0 Å². The Morgan fingerprint density at radius 3 is 2.63 bits per heavy atom. The van der Waals surface area contributed by atoms with Crippen molar-refractivity contribution in [1.82, 2.24) is 14.9 Å². The fraction of sp³-hybridized carbons (Fsp3) is 0.273. The maximum Gasteiger partial charge on any atom is 0.246 e. The molecule has 27 heavy (non-hydrogen) atoms. The summed E-state index contributed by atoms with van der Waals surface area (Å²) in [5.41, 5.74) is 2.52. The van der Waals surface area contributed by atoms with Gasteiger partial charge in [-0.3, -0.25) is 4.79 Å². The van der Waals surface area contributed by atoms with E-state index in [1.54, 1.807) is 6.92 Å². The second-order valence-corrected chi connectivity index (χ2v) is 6.50. The minimum atomic E-state index is -0.148. The molecule has 5 nitrogen and oxygen atoms in total. The van der Waals surface area contributed by atoms with Crippen molar-refractivity contribution >= 4 is 16.9 Å². The van der Waals surface area contributed by atoms with Gasteiger partial charge in [-0.15, -0.1) is 0 Å². The third kappa shape index (κ3) is 4.97. The molecule has 1 N–H and O–H groups in total. The first-order valence-electron chi connectivity index (χ1n) is 9.21. The molecule has 3 aromatic rings. The first-order chi connectivity index (χ1) is 13.1. The molecule has 0 fully saturated rings. The predicted molar refractivity (Wildman–Crippen MR) is 108 cm³/mol. The van der Waals surface area contributed by atoms with E-state index < -0.39 is 0 Å². The molecule has 0 aliphatic rings. The number of nitrogens with one attached hydrogen (secondary N) is 1. The number of carbonyl (C=O) groups is 1. The van der Waals surface area contributed by atoms with Crippen LogP contribution in [-0.4, -0.2) is 22.1 Å². The summed E-state index contributed by atoms with van der Waals surface area (Å²) in [7, 11) is 0. The van der Waals surface area contributed by atoms with Gasteiger partial charge in [0.25, 0.3) is 0 Å². The molecule has 1 amide bonds. The second-order valence-electron chi connectivity index (χ2n) is 6.50. The van der Waals surface area contributed by atoms with Gasteiger partial charge in [0, 0.05) is 12.1 Å². The lowest BCUT2D eigenvalue weighted by molar-refractivity contribution is -0.117. The largest absolute Gasteiger partial charge is 0.494 e. The van der Waals surface area contributed by atoms with Gasteiger partial charge in [0.15, 0.2) is 0 Å². The zero-order valence-corrected chi connectivity index (χ0v) is 15.6. The number of hydrogen-bond donors (Lipinski definition) is 1. The van der Waals surface area contributed by atoms with Gasteiger partial charge < -0.3 is 14.6 Å². The molecule has 0 saturated carbocycles. The highest BCUT2D eigenvalue weighted by molar-refractivity contribution is 5.92. The highest BCUT2D eigenvalue weighted by atomic mass is 16.5. The van der Waals surface area contributed by atoms with Crippen LogP contribution in [0, 0.1) is 0 Å². The maximum absolute atomic E-state index is 11.8. The lowest BCUT2D eigenvalue weighted by Crippen LogP contribution is -2.25. The van der Waals surface area contributed by atoms with Gasteiger partial charge in [-0.2, -0.15) is 0 Å². The van der Waals surface area contributed by atoms with Crippen molar-refractivity contribution in [2.45, 2.75) is 32.9 Å². The summed E-state index contributed by atoms with van der Waals surface area (Å²) in [6, 6.07) is 17.9. The normalized spacial score (nSPS) is 10.7. The van der Waals surface area contributed by atoms with Crippen molar-refractivity contribution in [3.8, 4) is 5.75 Å². The molecule has 0 saturated heterocycles. The van der Waals surface area contributed by atoms with Crippen molar-refractivity contribution in [1.29, 1.82) is 0 Å². The van der Waals surface area contributed by atoms with Gasteiger partial charge >= 0.3 is 0 Å². The van der Waals surface area contributed by atoms with Gasteiger partial charge in [0.05, 0.1) is 24.2 Å². The minimum absolute atomic E-state index is 0.148. The minimum Gasteiger partial charge on any atom is -0.494 e. The summed E-state index contributed by atoms with van der Waals surface area (Å²) >= 11 is 0. The summed E-state index contributed by atoms with van der Waals surface area (Å²) in [4.78, 5) is 16.5. The molecule has 5 heteroatoms. The van der Waals surface area contributed by atoms with E-state index in [2.05, 4.69) is 27.5 Å². The van der Waals surface area contributed by atoms with Crippen LogP contribution in [0.2, 0.25) is 0 Å². The quantitative estimate of drug-likeness (QED) is 0.460. The Hall–Kier alpha value is -3.08. The number of fused-ring (bicyclic) bond motifs is 1. The summed E-state index contributed by atoms with van der Waals surface area (Å²) in [6.07, 6.45) is 1.91. The van der Waals surface area contributed by atoms with Gasteiger partial charge in [-0.1, -0.05) is 36.9 Å². The molecule has 0 unspecified atom stereocenters. The van der Waals surface area contributed by atoms with Crippen LogP contribution < -0.4 is 10.1 Å². The fourth-order valence-corrected chi connectivity index (χ4v) is 2.90. The van der Waals surface area contributed by atoms with E-state index in [4.69, 9.17) is 4.74 Å². The summed E-state index contributed by atoms with van der Waals surface area (Å²) in [5, 5.41) is 2.88. The van der Waals surface area contributed by atoms with E-state index >= 15 is 0 Å². The Labute approximate surface area is 159 Å². The fourth-order valence-electron chi connectivity index (χ4n) is 2.90. The van der Waals surface area contributed by atoms with Crippen LogP contribution in [-0.2, 0) is 17.9 Å². The smallest absolute Gasteiger partial charge is 0.246 e. The number of benzene rings is 2. The molecule has 0 aliphatic heterocycles. The number of para-hydroxylation sites is 3. The van der Waals surface area contributed by atoms with Gasteiger partial charge in [-0.05, 0) is 44.0 Å². The topological polar surface area (TPSA) is 56.2 Å². The molecule has 3 rings (SSSR count). The number of hydrogen-bond acceptors (Lipinski definition) is 3. The lowest BCUT2D eigenvalue weighted by atomic mass is 10.3. The average molecular weight is 363 g/mol. The van der Waals surface area contributed by atoms with Gasteiger partial charge in [0.2, 0.25) is 5.91 Å². The van der Waals surface area contributed by atoms with E-state index in [1.807, 2.05) is 48.5 Å². The average Bonchev–Trinajstić information content (AvgIpc) is 3.04. The highest BCUT2D eigenvalue weighted by Crippen LogP contribution is 2.17. The number of ether oxygens (including phenoxy) is 1. The molecule has 140 valence electrons. The summed E-state index contributed by atoms with van der Waals surface area (Å²) < 4.78 is 7.93. The van der Waals surface area contributed by atoms with Crippen LogP contribution in [0.5, 0.6) is 5.75 Å². The van der Waals surface area contributed by atoms with E-state index in [0.29, 0.717) is 18.7 Å². The molecule has 0 radical (unpaired) electrons. The summed E-state index contributed by atoms with van der Waals surface area (Å²) in [5.74, 6) is 1.61. The van der Waals surface area contributed by atoms with E-state index in [9.17, 15) is 4.79 Å². The number of nitrogens with zero attached hydrogens (tertiary/aromatic N) is 2. The molecule has 0 bridgehead atoms. The molecular weight excluding hydrogens is 338 g/mol. The standard InChI is InChI=1S/C22H25N3O2/c1-17(2)22(26)23-16-21-24-19-12-6-7-13-20(19)25(21)14-8-9-15-27-18-10-4-3-5-11-18/h3-7,10-13H,1,8-9,14-16H2,2H3,(H,23,26). The van der Waals surface area contributed by atoms with Crippen LogP contribution >= 0.6 is 0 Å². The molecule has 0 aliphatic carbocycles. The molecule has 0 atom stereocenters. The number of unbranched alkanes of at least 4 members (excludes halogenated alkanes) is 1. The molecular formula is C22H25N3O2. The van der Waals surface area contributed by atoms with E-state index in [1.165, 1.54) is 0 Å². The number of amides is 1. The third-order valence-electron chi connectivity index (χ3n) is 4.32. The Balaban J connectivity index is 1.60. The Kier molecular flexibility index (Phi) is 6.26. The molecule has 1 heterocycles. The lowest BCUT2D eigenvalue weighted by Gasteiger charge is -2.11. The first kappa shape index (κ1) is 18.7. The van der Waals surface area contributed by atoms with Crippen molar-refractivity contribution in [2.75, 3.05) is 6.61 Å². The highest BCUT2D eigenvalue weighted by Gasteiger charge is 2.11. The van der Waals surface area contributed by atoms with Crippen LogP contribution in [0.15, 0.2) is 66.7 Å². The van der Waals surface area contributed by atoms with Crippen molar-refractivity contribution in [3.05, 3.63) is 72.6 Å². The van der Waals surface area contributed by atoms with E-state index in [-0.39, 0.29) is 5.91 Å². The molecule has 0 spiro atoms.